The Morgan fingerprint density at radius 3 is 0.142 bits per heavy atom. The summed E-state index contributed by atoms with van der Waals surface area (Å²) in [4.78, 5) is 0. The number of rotatable bonds is 20. The molecule has 0 atom stereocenters. The van der Waals surface area contributed by atoms with E-state index in [-0.39, 0.29) is 268 Å². The topological polar surface area (TPSA) is 0 Å². The molecule has 0 saturated heterocycles. The Balaban J connectivity index is 0.00000169. The maximum atomic E-state index is 2.30. The van der Waals surface area contributed by atoms with Gasteiger partial charge in [-0.15, -0.1) is 243 Å². The zero-order valence-electron chi connectivity index (χ0n) is 77.4. The Labute approximate surface area is 1010 Å². The summed E-state index contributed by atoms with van der Waals surface area (Å²) in [6.07, 6.45) is 0. The molecule has 0 heterocycles. The van der Waals surface area contributed by atoms with Crippen molar-refractivity contribution in [3.8, 4) is 0 Å². The Kier molecular flexibility index (Phi) is 68.1. The van der Waals surface area contributed by atoms with Gasteiger partial charge in [0.2, 0.25) is 0 Å². The first-order valence-electron chi connectivity index (χ1n) is 44.0. The average molecular weight is 2690 g/mol. The summed E-state index contributed by atoms with van der Waals surface area (Å²) in [7, 11) is 0. The third-order valence-corrected chi connectivity index (χ3v) is 53.7. The van der Waals surface area contributed by atoms with Crippen LogP contribution < -0.4 is 200 Å². The first kappa shape index (κ1) is 136. The number of halogens is 9. The van der Waals surface area contributed by atoms with Crippen molar-refractivity contribution in [2.45, 2.75) is 0 Å². The van der Waals surface area contributed by atoms with Gasteiger partial charge in [-0.05, 0) is 0 Å². The van der Waals surface area contributed by atoms with Crippen LogP contribution >= 0.6 is 0 Å². The second-order valence-corrected chi connectivity index (χ2v) is 54.5. The van der Waals surface area contributed by atoms with Crippen molar-refractivity contribution >= 4 is 273 Å². The molecule has 0 aliphatic carbocycles. The Hall–Kier alpha value is -5.17. The van der Waals surface area contributed by atoms with Gasteiger partial charge in [0.1, 0.15) is 0 Å². The summed E-state index contributed by atoms with van der Waals surface area (Å²) in [6.45, 7) is 0. The van der Waals surface area contributed by atoms with Gasteiger partial charge in [0.05, 0.1) is 0 Å². The van der Waals surface area contributed by atoms with Crippen molar-refractivity contribution in [2.24, 2.45) is 0 Å². The molecule has 692 valence electrons. The molecule has 0 nitrogen and oxygen atoms in total. The van der Waals surface area contributed by atoms with Gasteiger partial charge in [0, 0.05) is 120 Å². The van der Waals surface area contributed by atoms with Crippen molar-refractivity contribution in [1.29, 1.82) is 0 Å². The number of hydrogen-bond acceptors (Lipinski definition) is 0. The van der Waals surface area contributed by atoms with Gasteiger partial charge in [-0.25, -0.2) is 88.5 Å². The third-order valence-electron chi connectivity index (χ3n) is 26.0. The fourth-order valence-electron chi connectivity index (χ4n) is 20.6. The zero-order valence-corrected chi connectivity index (χ0v) is 107. The molecule has 20 aromatic carbocycles. The second-order valence-electron chi connectivity index (χ2n) is 32.5. The van der Waals surface area contributed by atoms with Crippen molar-refractivity contribution in [2.75, 3.05) is 0 Å². The minimum atomic E-state index is -2.69. The van der Waals surface area contributed by atoms with Gasteiger partial charge in [-0.2, -0.15) is 0 Å². The molecule has 141 heavy (non-hydrogen) atoms. The zero-order chi connectivity index (χ0) is 84.8. The third kappa shape index (κ3) is 31.5. The van der Waals surface area contributed by atoms with Gasteiger partial charge in [-0.1, -0.05) is 364 Å². The summed E-state index contributed by atoms with van der Waals surface area (Å²) in [5.74, 6) is 0. The molecule has 0 aliphatic rings. The van der Waals surface area contributed by atoms with Crippen LogP contribution in [0.25, 0.3) is 0 Å². The Morgan fingerprint density at radius 1 is 0.0709 bits per heavy atom. The van der Waals surface area contributed by atoms with Crippen LogP contribution in [0.5, 0.6) is 0 Å². The van der Waals surface area contributed by atoms with Crippen molar-refractivity contribution in [3.63, 3.8) is 0 Å². The van der Waals surface area contributed by atoms with E-state index in [1.807, 2.05) is 0 Å². The van der Waals surface area contributed by atoms with E-state index in [9.17, 15) is 0 Å². The Morgan fingerprint density at radius 2 is 0.106 bits per heavy atom. The first-order chi connectivity index (χ1) is 62.1. The summed E-state index contributed by atoms with van der Waals surface area (Å²) < 4.78 is 28.9. The Bertz CT molecular complexity index is 4800. The van der Waals surface area contributed by atoms with Crippen LogP contribution in [0.3, 0.4) is 0 Å². The molecular weight excluding hydrogens is 2590 g/mol. The van der Waals surface area contributed by atoms with E-state index in [0.29, 0.717) is 0 Å². The van der Waals surface area contributed by atoms with Crippen LogP contribution in [0.1, 0.15) is 0 Å². The molecule has 21 heteroatoms. The monoisotopic (exact) mass is 2690 g/mol. The average Bonchev–Trinajstić information content (AvgIpc) is 0.760. The maximum Gasteiger partial charge on any atom is 5.00 e. The first-order valence-corrected chi connectivity index (χ1v) is 55.5. The molecule has 0 fully saturated rings. The van der Waals surface area contributed by atoms with Crippen LogP contribution in [-0.4, -0.2) is 185 Å². The summed E-state index contributed by atoms with van der Waals surface area (Å²) in [5.41, 5.74) is 0. The van der Waals surface area contributed by atoms with Gasteiger partial charge in [0.15, 0.2) is 0 Å². The van der Waals surface area contributed by atoms with E-state index >= 15 is 0 Å². The van der Waals surface area contributed by atoms with Gasteiger partial charge in [-0.3, -0.25) is 0 Å². The van der Waals surface area contributed by atoms with Gasteiger partial charge >= 0.3 is 37.1 Å². The molecule has 20 aromatic rings. The summed E-state index contributed by atoms with van der Waals surface area (Å²) in [5, 5.41) is 0. The van der Waals surface area contributed by atoms with Crippen molar-refractivity contribution in [3.05, 3.63) is 607 Å². The molecule has 20 rings (SSSR count). The molecule has 0 aliphatic heterocycles. The van der Waals surface area contributed by atoms with E-state index in [2.05, 4.69) is 607 Å². The van der Waals surface area contributed by atoms with Crippen molar-refractivity contribution in [1.82, 2.24) is 0 Å². The molecule has 0 unspecified atom stereocenters. The predicted octanol–water partition coefficient (Wildman–Crippen LogP) is -13.6. The fraction of sp³-hybridized carbons (Fsp3) is 0. The minimum absolute atomic E-state index is 0. The molecule has 0 saturated carbocycles. The molecule has 0 spiro atoms. The summed E-state index contributed by atoms with van der Waals surface area (Å²) >= 11 is -13.5. The van der Waals surface area contributed by atoms with E-state index in [1.165, 1.54) is 88.5 Å². The molecule has 20 radical (unpaired) electrons. The smallest absolute Gasteiger partial charge is 1.00 e. The standard InChI is InChI=1S/20C6H5.5Al.9ClH.5Sn.2V/c20*1-2-4-6-5-3-1;;;;;;;;;;;;;;;;;;;;;/h20*1-5H;;;;;;9*1H;;;;;;;/q;;;;;;;;;;;;;;;;;;;;5*-1;;;;;;;;;;;;;;;2*+5/p-9. The number of hydrogen-bond donors (Lipinski definition) is 0. The summed E-state index contributed by atoms with van der Waals surface area (Å²) in [6, 6.07) is 221. The van der Waals surface area contributed by atoms with Crippen LogP contribution in [0.4, 0.5) is 0 Å². The fourth-order valence-corrected chi connectivity index (χ4v) is 48.1. The van der Waals surface area contributed by atoms with E-state index in [0.717, 1.165) is 0 Å². The van der Waals surface area contributed by atoms with Gasteiger partial charge < -0.3 is 112 Å². The predicted molar refractivity (Wildman–Crippen MR) is 579 cm³/mol. The van der Waals surface area contributed by atoms with E-state index in [1.54, 1.807) is 0 Å². The second kappa shape index (κ2) is 70.7. The van der Waals surface area contributed by atoms with E-state index in [4.69, 9.17) is 0 Å². The minimum Gasteiger partial charge on any atom is -1.00 e. The van der Waals surface area contributed by atoms with Crippen LogP contribution in [0, 0.1) is 0 Å². The molecule has 0 N–H and O–H groups in total. The van der Waals surface area contributed by atoms with Crippen LogP contribution in [-0.2, 0) is 37.1 Å². The van der Waals surface area contributed by atoms with E-state index < -0.39 is 65.4 Å². The molecular formula is C120H100Al5Cl9Sn5V2-4. The van der Waals surface area contributed by atoms with Crippen LogP contribution in [0.2, 0.25) is 0 Å². The van der Waals surface area contributed by atoms with Gasteiger partial charge in [0.25, 0.3) is 65.4 Å². The number of benzene rings is 20. The molecule has 0 aromatic heterocycles. The van der Waals surface area contributed by atoms with Crippen molar-refractivity contribution < 1.29 is 149 Å². The quantitative estimate of drug-likeness (QED) is 0.0667. The SMILES string of the molecule is [Cl-].[Cl-].[Cl-].[Cl-].[Cl-].[Cl-].[Cl-].[Cl-].[Cl-].[Sn].[Sn].[Sn].[Sn].[Sn].[V+5].[V+5].c1cc[c]([Al-]([c]2ccccc2)([c]2ccccc2)[c]2ccccc2)cc1.c1cc[c]([Al-]([c]2ccccc2)([c]2ccccc2)[c]2ccccc2)cc1.c1cc[c]([Al-]([c]2ccccc2)([c]2ccccc2)[c]2ccccc2)cc1.c1cc[c]([Al-]([c]2ccccc2)([c]2ccccc2)[c]2ccccc2)cc1.c1cc[c]([Al-]([c]2ccccc2)([c]2ccccc2)[c]2ccccc2)cc1. The molecule has 0 bridgehead atoms. The molecule has 0 amide bonds. The largest absolute Gasteiger partial charge is 5.00 e. The van der Waals surface area contributed by atoms with Crippen LogP contribution in [0.15, 0.2) is 607 Å². The normalized spacial score (nSPS) is 9.93. The maximum absolute atomic E-state index is 2.69.